The van der Waals surface area contributed by atoms with Crippen LogP contribution in [0.25, 0.3) is 0 Å². The molecule has 0 bridgehead atoms. The maximum atomic E-state index is 4.05. The lowest BCUT2D eigenvalue weighted by Crippen LogP contribution is -2.40. The van der Waals surface area contributed by atoms with Crippen LogP contribution >= 0.6 is 0 Å². The maximum Gasteiger partial charge on any atom is 0.136 e. The molecule has 1 aliphatic rings. The van der Waals surface area contributed by atoms with E-state index >= 15 is 0 Å². The molecule has 0 aromatic carbocycles. The summed E-state index contributed by atoms with van der Waals surface area (Å²) in [5.74, 6) is 0. The van der Waals surface area contributed by atoms with Gasteiger partial charge in [-0.25, -0.2) is 0 Å². The van der Waals surface area contributed by atoms with Gasteiger partial charge in [0.05, 0.1) is 20.6 Å². The van der Waals surface area contributed by atoms with Crippen LogP contribution in [0.5, 0.6) is 0 Å². The molecule has 1 nitrogen and oxygen atoms in total. The van der Waals surface area contributed by atoms with Gasteiger partial charge >= 0.3 is 0 Å². The third-order valence-corrected chi connectivity index (χ3v) is 3.93. The Labute approximate surface area is 126 Å². The van der Waals surface area contributed by atoms with Crippen molar-refractivity contribution in [2.75, 3.05) is 20.6 Å². The number of nitrogens with zero attached hydrogens (tertiary/aromatic N) is 1. The molecule has 1 aliphatic carbocycles. The molecule has 0 N–H and O–H groups in total. The zero-order valence-electron chi connectivity index (χ0n) is 14.5. The van der Waals surface area contributed by atoms with Crippen molar-refractivity contribution in [1.82, 2.24) is 0 Å². The molecule has 0 spiro atoms. The van der Waals surface area contributed by atoms with Gasteiger partial charge in [0.1, 0.15) is 5.70 Å². The molecule has 20 heavy (non-hydrogen) atoms. The van der Waals surface area contributed by atoms with Gasteiger partial charge in [0.25, 0.3) is 0 Å². The molecule has 0 unspecified atom stereocenters. The van der Waals surface area contributed by atoms with Crippen LogP contribution in [0.4, 0.5) is 0 Å². The van der Waals surface area contributed by atoms with Crippen LogP contribution in [0.2, 0.25) is 0 Å². The van der Waals surface area contributed by atoms with E-state index in [9.17, 15) is 0 Å². The fourth-order valence-electron chi connectivity index (χ4n) is 2.80. The molecule has 1 heteroatoms. The summed E-state index contributed by atoms with van der Waals surface area (Å²) in [4.78, 5) is 0. The summed E-state index contributed by atoms with van der Waals surface area (Å²) >= 11 is 0. The predicted octanol–water partition coefficient (Wildman–Crippen LogP) is 5.09. The van der Waals surface area contributed by atoms with Gasteiger partial charge in [-0.1, -0.05) is 65.5 Å². The Hall–Kier alpha value is -1.08. The van der Waals surface area contributed by atoms with Gasteiger partial charge in [-0.3, -0.25) is 4.48 Å². The van der Waals surface area contributed by atoms with E-state index in [1.54, 1.807) is 0 Å². The first-order valence-corrected chi connectivity index (χ1v) is 7.65. The average Bonchev–Trinajstić information content (AvgIpc) is 2.30. The van der Waals surface area contributed by atoms with E-state index in [-0.39, 0.29) is 10.8 Å². The molecule has 0 saturated heterocycles. The Bertz CT molecular complexity index is 456. The van der Waals surface area contributed by atoms with E-state index in [1.807, 2.05) is 6.08 Å². The minimum Gasteiger partial charge on any atom is -0.296 e. The van der Waals surface area contributed by atoms with E-state index in [2.05, 4.69) is 79.6 Å². The second kappa shape index (κ2) is 5.73. The predicted molar refractivity (Wildman–Crippen MR) is 90.3 cm³/mol. The smallest absolute Gasteiger partial charge is 0.136 e. The van der Waals surface area contributed by atoms with Gasteiger partial charge in [-0.15, -0.1) is 0 Å². The van der Waals surface area contributed by atoms with Crippen LogP contribution in [-0.4, -0.2) is 25.1 Å². The normalized spacial score (nSPS) is 28.4. The van der Waals surface area contributed by atoms with Crippen molar-refractivity contribution in [2.24, 2.45) is 10.8 Å². The fraction of sp³-hybridized carbons (Fsp3) is 0.579. The highest BCUT2D eigenvalue weighted by molar-refractivity contribution is 5.40. The van der Waals surface area contributed by atoms with Crippen LogP contribution in [0.15, 0.2) is 48.2 Å². The van der Waals surface area contributed by atoms with Crippen molar-refractivity contribution in [3.8, 4) is 0 Å². The van der Waals surface area contributed by atoms with E-state index in [4.69, 9.17) is 0 Å². The molecule has 0 aliphatic heterocycles. The minimum absolute atomic E-state index is 0.0620. The van der Waals surface area contributed by atoms with Crippen molar-refractivity contribution >= 4 is 0 Å². The van der Waals surface area contributed by atoms with Gasteiger partial charge in [-0.2, -0.15) is 0 Å². The lowest BCUT2D eigenvalue weighted by molar-refractivity contribution is -0.850. The second-order valence-electron chi connectivity index (χ2n) is 7.72. The summed E-state index contributed by atoms with van der Waals surface area (Å²) in [6.07, 6.45) is 12.6. The topological polar surface area (TPSA) is 0 Å². The molecule has 0 aromatic rings. The van der Waals surface area contributed by atoms with Gasteiger partial charge in [-0.05, 0) is 12.5 Å². The quantitative estimate of drug-likeness (QED) is 0.495. The van der Waals surface area contributed by atoms with E-state index < -0.39 is 0 Å². The zero-order chi connectivity index (χ0) is 15.6. The molecule has 0 atom stereocenters. The number of hydrogen-bond acceptors (Lipinski definition) is 0. The number of likely N-dealkylation sites (N-methyl/N-ethyl adjacent to an activating group) is 1. The van der Waals surface area contributed by atoms with Crippen LogP contribution in [0.3, 0.4) is 0 Å². The largest absolute Gasteiger partial charge is 0.296 e. The lowest BCUT2D eigenvalue weighted by atomic mass is 9.80. The van der Waals surface area contributed by atoms with Crippen molar-refractivity contribution in [1.29, 1.82) is 0 Å². The summed E-state index contributed by atoms with van der Waals surface area (Å²) in [6, 6.07) is 0. The first-order valence-electron chi connectivity index (χ1n) is 7.65. The monoisotopic (exact) mass is 274 g/mol. The summed E-state index contributed by atoms with van der Waals surface area (Å²) in [5.41, 5.74) is 2.78. The van der Waals surface area contributed by atoms with Gasteiger partial charge in [0.2, 0.25) is 0 Å². The fourth-order valence-corrected chi connectivity index (χ4v) is 2.80. The van der Waals surface area contributed by atoms with Crippen molar-refractivity contribution in [3.05, 3.63) is 48.2 Å². The first-order chi connectivity index (χ1) is 9.03. The standard InChI is InChI=1S/C19H32N/c1-9-13-20(7,8)17-15-19(5,6)12-11-18(3,4)14-16(17)10-2/h10-12,14-15H,2,9,13H2,1,3-8H3/q+1/b12-11-,16-14-,17-15+. The average molecular weight is 274 g/mol. The van der Waals surface area contributed by atoms with E-state index in [0.29, 0.717) is 0 Å². The molecule has 0 saturated carbocycles. The van der Waals surface area contributed by atoms with Crippen LogP contribution in [0, 0.1) is 10.8 Å². The number of allylic oxidation sites excluding steroid dienone is 5. The molecule has 0 aromatic heterocycles. The van der Waals surface area contributed by atoms with Gasteiger partial charge in [0, 0.05) is 16.4 Å². The second-order valence-corrected chi connectivity index (χ2v) is 7.72. The third kappa shape index (κ3) is 4.21. The van der Waals surface area contributed by atoms with E-state index in [0.717, 1.165) is 11.0 Å². The van der Waals surface area contributed by atoms with Crippen molar-refractivity contribution in [3.63, 3.8) is 0 Å². The highest BCUT2D eigenvalue weighted by atomic mass is 15.3. The molecule has 0 fully saturated rings. The minimum atomic E-state index is 0.0620. The summed E-state index contributed by atoms with van der Waals surface area (Å²) in [6.45, 7) is 16.5. The highest BCUT2D eigenvalue weighted by Gasteiger charge is 2.29. The molecule has 1 rings (SSSR count). The van der Waals surface area contributed by atoms with Crippen molar-refractivity contribution in [2.45, 2.75) is 41.0 Å². The molecule has 0 radical (unpaired) electrons. The van der Waals surface area contributed by atoms with Gasteiger partial charge in [0.15, 0.2) is 0 Å². The Morgan fingerprint density at radius 2 is 1.55 bits per heavy atom. The zero-order valence-corrected chi connectivity index (χ0v) is 14.5. The van der Waals surface area contributed by atoms with Crippen LogP contribution < -0.4 is 0 Å². The maximum absolute atomic E-state index is 4.05. The third-order valence-electron chi connectivity index (χ3n) is 3.93. The van der Waals surface area contributed by atoms with Crippen LogP contribution in [-0.2, 0) is 0 Å². The SMILES string of the molecule is C=CC1=C/C(C)(C)/C=C\C(C)(C)/C=C\1[N+](C)(C)CCC. The lowest BCUT2D eigenvalue weighted by Gasteiger charge is -2.36. The van der Waals surface area contributed by atoms with Gasteiger partial charge < -0.3 is 0 Å². The Morgan fingerprint density at radius 1 is 1.05 bits per heavy atom. The first kappa shape index (κ1) is 17.0. The molecule has 0 amide bonds. The molecular formula is C19H32N+. The summed E-state index contributed by atoms with van der Waals surface area (Å²) in [5, 5.41) is 0. The molecule has 112 valence electrons. The number of rotatable bonds is 4. The summed E-state index contributed by atoms with van der Waals surface area (Å²) < 4.78 is 0.904. The van der Waals surface area contributed by atoms with Crippen LogP contribution in [0.1, 0.15) is 41.0 Å². The Morgan fingerprint density at radius 3 is 2.00 bits per heavy atom. The number of hydrogen-bond donors (Lipinski definition) is 0. The Kier molecular flexibility index (Phi) is 4.86. The van der Waals surface area contributed by atoms with E-state index in [1.165, 1.54) is 17.7 Å². The van der Waals surface area contributed by atoms with Crippen molar-refractivity contribution < 1.29 is 4.48 Å². The number of quaternary nitrogens is 1. The highest BCUT2D eigenvalue weighted by Crippen LogP contribution is 2.36. The Balaban J connectivity index is 3.49. The summed E-state index contributed by atoms with van der Waals surface area (Å²) in [7, 11) is 4.59. The molecular weight excluding hydrogens is 242 g/mol. The molecule has 0 heterocycles.